The molecule has 0 saturated carbocycles. The molecule has 0 radical (unpaired) electrons. The lowest BCUT2D eigenvalue weighted by Gasteiger charge is -2.14. The van der Waals surface area contributed by atoms with Crippen molar-refractivity contribution >= 4 is 0 Å². The molecule has 0 saturated heterocycles. The van der Waals surface area contributed by atoms with E-state index in [1.807, 2.05) is 6.20 Å². The molecule has 0 fully saturated rings. The predicted molar refractivity (Wildman–Crippen MR) is 107 cm³/mol. The zero-order valence-corrected chi connectivity index (χ0v) is 15.9. The Hall–Kier alpha value is -2.45. The summed E-state index contributed by atoms with van der Waals surface area (Å²) in [7, 11) is 0. The minimum absolute atomic E-state index is 0.487. The molecule has 1 aromatic heterocycles. The Kier molecular flexibility index (Phi) is 5.85. The summed E-state index contributed by atoms with van der Waals surface area (Å²) < 4.78 is 0. The van der Waals surface area contributed by atoms with Gasteiger partial charge in [0.05, 0.1) is 6.10 Å². The summed E-state index contributed by atoms with van der Waals surface area (Å²) >= 11 is 0. The lowest BCUT2D eigenvalue weighted by molar-refractivity contribution is 0.167. The predicted octanol–water partition coefficient (Wildman–Crippen LogP) is 5.26. The van der Waals surface area contributed by atoms with Crippen LogP contribution in [0.4, 0.5) is 0 Å². The Bertz CT molecular complexity index is 865. The van der Waals surface area contributed by atoms with Crippen molar-refractivity contribution in [2.45, 2.75) is 46.1 Å². The average molecular weight is 345 g/mol. The van der Waals surface area contributed by atoms with Gasteiger partial charge in [-0.2, -0.15) is 0 Å². The standard InChI is InChI=1S/C24H27NO/c1-17-6-4-9-20(12-17)13-21-14-22(16-25-15-21)24(26)11-10-23-18(2)7-5-8-19(23)3/h4-9,12,14-16,24,26H,10-11,13H2,1-3H3. The van der Waals surface area contributed by atoms with Crippen molar-refractivity contribution in [2.75, 3.05) is 0 Å². The van der Waals surface area contributed by atoms with E-state index in [0.29, 0.717) is 6.42 Å². The molecule has 134 valence electrons. The Morgan fingerprint density at radius 2 is 1.62 bits per heavy atom. The van der Waals surface area contributed by atoms with Gasteiger partial charge in [-0.25, -0.2) is 0 Å². The normalized spacial score (nSPS) is 12.2. The van der Waals surface area contributed by atoms with E-state index in [1.54, 1.807) is 6.20 Å². The summed E-state index contributed by atoms with van der Waals surface area (Å²) in [6.45, 7) is 6.38. The van der Waals surface area contributed by atoms with Gasteiger partial charge in [-0.15, -0.1) is 0 Å². The minimum Gasteiger partial charge on any atom is -0.388 e. The van der Waals surface area contributed by atoms with Crippen molar-refractivity contribution in [1.29, 1.82) is 0 Å². The molecule has 0 spiro atoms. The van der Waals surface area contributed by atoms with Crippen LogP contribution < -0.4 is 0 Å². The van der Waals surface area contributed by atoms with Crippen molar-refractivity contribution in [1.82, 2.24) is 4.98 Å². The third kappa shape index (κ3) is 4.59. The molecular formula is C24H27NO. The van der Waals surface area contributed by atoms with Gasteiger partial charge in [0.25, 0.3) is 0 Å². The molecule has 2 heteroatoms. The van der Waals surface area contributed by atoms with Crippen LogP contribution in [0.15, 0.2) is 60.9 Å². The van der Waals surface area contributed by atoms with Gasteiger partial charge in [-0.1, -0.05) is 48.0 Å². The summed E-state index contributed by atoms with van der Waals surface area (Å²) in [6, 6.07) is 17.0. The maximum absolute atomic E-state index is 10.7. The molecule has 2 aromatic carbocycles. The van der Waals surface area contributed by atoms with Gasteiger partial charge in [0.15, 0.2) is 0 Å². The molecule has 0 bridgehead atoms. The fraction of sp³-hybridized carbons (Fsp3) is 0.292. The van der Waals surface area contributed by atoms with Gasteiger partial charge in [-0.05, 0) is 79.5 Å². The van der Waals surface area contributed by atoms with Crippen LogP contribution in [0.2, 0.25) is 0 Å². The van der Waals surface area contributed by atoms with Crippen LogP contribution in [0.3, 0.4) is 0 Å². The quantitative estimate of drug-likeness (QED) is 0.661. The first-order valence-corrected chi connectivity index (χ1v) is 9.25. The van der Waals surface area contributed by atoms with E-state index in [2.05, 4.69) is 74.3 Å². The Balaban J connectivity index is 1.69. The largest absolute Gasteiger partial charge is 0.388 e. The molecular weight excluding hydrogens is 318 g/mol. The van der Waals surface area contributed by atoms with Gasteiger partial charge in [0.1, 0.15) is 0 Å². The van der Waals surface area contributed by atoms with E-state index in [1.165, 1.54) is 27.8 Å². The molecule has 1 N–H and O–H groups in total. The van der Waals surface area contributed by atoms with Crippen LogP contribution in [0, 0.1) is 20.8 Å². The van der Waals surface area contributed by atoms with E-state index >= 15 is 0 Å². The number of hydrogen-bond donors (Lipinski definition) is 1. The van der Waals surface area contributed by atoms with E-state index in [9.17, 15) is 5.11 Å². The third-order valence-electron chi connectivity index (χ3n) is 5.00. The molecule has 1 unspecified atom stereocenters. The fourth-order valence-electron chi connectivity index (χ4n) is 3.54. The van der Waals surface area contributed by atoms with Crippen LogP contribution in [0.25, 0.3) is 0 Å². The lowest BCUT2D eigenvalue weighted by Crippen LogP contribution is -2.03. The van der Waals surface area contributed by atoms with Crippen molar-refractivity contribution in [3.05, 3.63) is 99.9 Å². The summed E-state index contributed by atoms with van der Waals surface area (Å²) in [5.41, 5.74) is 8.51. The average Bonchev–Trinajstić information content (AvgIpc) is 2.61. The lowest BCUT2D eigenvalue weighted by atomic mass is 9.95. The van der Waals surface area contributed by atoms with Crippen LogP contribution in [-0.2, 0) is 12.8 Å². The molecule has 3 rings (SSSR count). The second-order valence-electron chi connectivity index (χ2n) is 7.22. The maximum Gasteiger partial charge on any atom is 0.0808 e. The fourth-order valence-corrected chi connectivity index (χ4v) is 3.54. The molecule has 0 aliphatic carbocycles. The molecule has 1 atom stereocenters. The topological polar surface area (TPSA) is 33.1 Å². The summed E-state index contributed by atoms with van der Waals surface area (Å²) in [6.07, 6.45) is 5.62. The number of hydrogen-bond acceptors (Lipinski definition) is 2. The van der Waals surface area contributed by atoms with E-state index in [0.717, 1.165) is 24.0 Å². The van der Waals surface area contributed by atoms with E-state index < -0.39 is 6.10 Å². The molecule has 1 heterocycles. The number of aliphatic hydroxyl groups excluding tert-OH is 1. The number of aliphatic hydroxyl groups is 1. The van der Waals surface area contributed by atoms with Crippen molar-refractivity contribution in [3.63, 3.8) is 0 Å². The van der Waals surface area contributed by atoms with Crippen LogP contribution in [0.5, 0.6) is 0 Å². The Morgan fingerprint density at radius 3 is 2.35 bits per heavy atom. The van der Waals surface area contributed by atoms with Gasteiger partial charge < -0.3 is 5.11 Å². The van der Waals surface area contributed by atoms with Crippen molar-refractivity contribution in [2.24, 2.45) is 0 Å². The zero-order chi connectivity index (χ0) is 18.5. The smallest absolute Gasteiger partial charge is 0.0808 e. The summed E-state index contributed by atoms with van der Waals surface area (Å²) in [4.78, 5) is 4.35. The number of rotatable bonds is 6. The van der Waals surface area contributed by atoms with Gasteiger partial charge in [0.2, 0.25) is 0 Å². The number of pyridine rings is 1. The van der Waals surface area contributed by atoms with E-state index in [-0.39, 0.29) is 0 Å². The number of benzene rings is 2. The second-order valence-corrected chi connectivity index (χ2v) is 7.22. The monoisotopic (exact) mass is 345 g/mol. The Labute approximate surface area is 156 Å². The SMILES string of the molecule is Cc1cccc(Cc2cncc(C(O)CCc3c(C)cccc3C)c2)c1. The first kappa shape index (κ1) is 18.3. The highest BCUT2D eigenvalue weighted by Crippen LogP contribution is 2.23. The molecule has 0 amide bonds. The van der Waals surface area contributed by atoms with Gasteiger partial charge in [-0.3, -0.25) is 4.98 Å². The van der Waals surface area contributed by atoms with Crippen molar-refractivity contribution < 1.29 is 5.11 Å². The van der Waals surface area contributed by atoms with E-state index in [4.69, 9.17) is 0 Å². The summed E-state index contributed by atoms with van der Waals surface area (Å²) in [5, 5.41) is 10.7. The highest BCUT2D eigenvalue weighted by molar-refractivity contribution is 5.34. The first-order chi connectivity index (χ1) is 12.5. The maximum atomic E-state index is 10.7. The Morgan fingerprint density at radius 1 is 0.885 bits per heavy atom. The number of aryl methyl sites for hydroxylation is 3. The first-order valence-electron chi connectivity index (χ1n) is 9.25. The van der Waals surface area contributed by atoms with Crippen molar-refractivity contribution in [3.8, 4) is 0 Å². The molecule has 26 heavy (non-hydrogen) atoms. The summed E-state index contributed by atoms with van der Waals surface area (Å²) in [5.74, 6) is 0. The van der Waals surface area contributed by atoms with Gasteiger partial charge >= 0.3 is 0 Å². The minimum atomic E-state index is -0.487. The highest BCUT2D eigenvalue weighted by Gasteiger charge is 2.11. The van der Waals surface area contributed by atoms with Gasteiger partial charge in [0, 0.05) is 12.4 Å². The van der Waals surface area contributed by atoms with Crippen LogP contribution in [-0.4, -0.2) is 10.1 Å². The molecule has 0 aliphatic heterocycles. The second kappa shape index (κ2) is 8.29. The molecule has 3 aromatic rings. The zero-order valence-electron chi connectivity index (χ0n) is 15.9. The van der Waals surface area contributed by atoms with Crippen LogP contribution in [0.1, 0.15) is 51.5 Å². The highest BCUT2D eigenvalue weighted by atomic mass is 16.3. The molecule has 0 aliphatic rings. The number of aromatic nitrogens is 1. The number of nitrogens with zero attached hydrogens (tertiary/aromatic N) is 1. The third-order valence-corrected chi connectivity index (χ3v) is 5.00. The van der Waals surface area contributed by atoms with Crippen LogP contribution >= 0.6 is 0 Å². The molecule has 2 nitrogen and oxygen atoms in total.